The van der Waals surface area contributed by atoms with Gasteiger partial charge in [-0.25, -0.2) is 0 Å². The number of nitrogens with zero attached hydrogens (tertiary/aromatic N) is 1. The summed E-state index contributed by atoms with van der Waals surface area (Å²) in [6.07, 6.45) is 1.18. The van der Waals surface area contributed by atoms with Crippen LogP contribution in [0.4, 0.5) is 5.69 Å². The second-order valence-corrected chi connectivity index (χ2v) is 9.66. The average molecular weight is 474 g/mol. The number of hydrogen-bond acceptors (Lipinski definition) is 6. The summed E-state index contributed by atoms with van der Waals surface area (Å²) < 4.78 is 11.8. The monoisotopic (exact) mass is 473 g/mol. The molecule has 1 aromatic carbocycles. The summed E-state index contributed by atoms with van der Waals surface area (Å²) in [6, 6.07) is 5.55. The fraction of sp³-hybridized carbons (Fsp3) is 0.640. The average Bonchev–Trinajstić information content (AvgIpc) is 3.43. The lowest BCUT2D eigenvalue weighted by molar-refractivity contribution is -0.145. The van der Waals surface area contributed by atoms with E-state index in [9.17, 15) is 19.5 Å². The van der Waals surface area contributed by atoms with Crippen LogP contribution in [0.5, 0.6) is 5.75 Å². The van der Waals surface area contributed by atoms with Gasteiger partial charge >= 0.3 is 0 Å². The Labute approximate surface area is 200 Å². The molecule has 3 fully saturated rings. The highest BCUT2D eigenvalue weighted by atomic mass is 16.5. The molecule has 3 aliphatic rings. The van der Waals surface area contributed by atoms with E-state index < -0.39 is 35.6 Å². The molecule has 34 heavy (non-hydrogen) atoms. The molecule has 4 rings (SSSR count). The molecule has 9 nitrogen and oxygen atoms in total. The van der Waals surface area contributed by atoms with Crippen LogP contribution in [0.15, 0.2) is 24.3 Å². The van der Waals surface area contributed by atoms with Gasteiger partial charge in [0.25, 0.3) is 0 Å². The van der Waals surface area contributed by atoms with Crippen LogP contribution < -0.4 is 15.4 Å². The van der Waals surface area contributed by atoms with E-state index in [-0.39, 0.29) is 30.4 Å². The number of likely N-dealkylation sites (tertiary alicyclic amines) is 1. The van der Waals surface area contributed by atoms with Crippen molar-refractivity contribution in [3.8, 4) is 5.75 Å². The Morgan fingerprint density at radius 1 is 1.24 bits per heavy atom. The van der Waals surface area contributed by atoms with Gasteiger partial charge in [-0.3, -0.25) is 14.4 Å². The molecule has 0 aliphatic carbocycles. The van der Waals surface area contributed by atoms with Crippen molar-refractivity contribution in [3.05, 3.63) is 24.3 Å². The van der Waals surface area contributed by atoms with Gasteiger partial charge in [0, 0.05) is 11.7 Å². The summed E-state index contributed by atoms with van der Waals surface area (Å²) in [5.41, 5.74) is -0.465. The molecule has 9 heteroatoms. The molecule has 3 amide bonds. The Morgan fingerprint density at radius 2 is 1.94 bits per heavy atom. The molecule has 3 N–H and O–H groups in total. The maximum absolute atomic E-state index is 13.8. The maximum atomic E-state index is 13.8. The van der Waals surface area contributed by atoms with Crippen LogP contribution in [0, 0.1) is 11.8 Å². The summed E-state index contributed by atoms with van der Waals surface area (Å²) >= 11 is 0. The zero-order chi connectivity index (χ0) is 24.6. The standard InChI is InChI=1S/C25H35N3O6/c1-5-16(13-29)28-21(23(31)26-14(3)4)25-12-11-18(34-25)19(20(25)24(28)32)22(30)27-15-7-9-17(10-8-15)33-6-2/h7-10,14,16,18-21,29H,5-6,11-13H2,1-4H3,(H,26,31)(H,27,30)/t16-,18+,19-,20-,21?,25?/m0/s1. The molecule has 2 unspecified atom stereocenters. The first-order valence-electron chi connectivity index (χ1n) is 12.2. The Morgan fingerprint density at radius 3 is 2.53 bits per heavy atom. The SMILES string of the molecule is CCOc1ccc(NC(=O)[C@@H]2[C@H]3C(=O)N([C@@H](CC)CO)C(C(=O)NC(C)C)C34CC[C@H]2O4)cc1. The Balaban J connectivity index is 1.64. The molecule has 0 radical (unpaired) electrons. The number of aliphatic hydroxyl groups excluding tert-OH is 1. The van der Waals surface area contributed by atoms with Crippen molar-refractivity contribution in [3.63, 3.8) is 0 Å². The summed E-state index contributed by atoms with van der Waals surface area (Å²) in [5, 5.41) is 15.8. The van der Waals surface area contributed by atoms with E-state index in [1.807, 2.05) is 27.7 Å². The largest absolute Gasteiger partial charge is 0.494 e. The maximum Gasteiger partial charge on any atom is 0.246 e. The first-order valence-corrected chi connectivity index (χ1v) is 12.2. The fourth-order valence-electron chi connectivity index (χ4n) is 5.89. The second kappa shape index (κ2) is 9.54. The third-order valence-corrected chi connectivity index (χ3v) is 7.23. The van der Waals surface area contributed by atoms with Gasteiger partial charge in [-0.05, 0) is 64.3 Å². The Kier molecular flexibility index (Phi) is 6.87. The number of ether oxygens (including phenoxy) is 2. The van der Waals surface area contributed by atoms with Crippen molar-refractivity contribution >= 4 is 23.4 Å². The number of rotatable bonds is 9. The van der Waals surface area contributed by atoms with Crippen LogP contribution in [0.25, 0.3) is 0 Å². The molecule has 3 saturated heterocycles. The predicted octanol–water partition coefficient (Wildman–Crippen LogP) is 1.69. The number of nitrogens with one attached hydrogen (secondary N) is 2. The van der Waals surface area contributed by atoms with Gasteiger partial charge < -0.3 is 30.1 Å². The van der Waals surface area contributed by atoms with Gasteiger partial charge in [0.15, 0.2) is 0 Å². The molecule has 186 valence electrons. The highest BCUT2D eigenvalue weighted by molar-refractivity contribution is 6.02. The van der Waals surface area contributed by atoms with Crippen LogP contribution >= 0.6 is 0 Å². The number of carbonyl (C=O) groups is 3. The van der Waals surface area contributed by atoms with E-state index in [0.717, 1.165) is 0 Å². The lowest BCUT2D eigenvalue weighted by Crippen LogP contribution is -2.58. The van der Waals surface area contributed by atoms with Gasteiger partial charge in [-0.2, -0.15) is 0 Å². The highest BCUT2D eigenvalue weighted by Crippen LogP contribution is 2.59. The minimum absolute atomic E-state index is 0.119. The van der Waals surface area contributed by atoms with Crippen LogP contribution in [0.3, 0.4) is 0 Å². The lowest BCUT2D eigenvalue weighted by atomic mass is 9.70. The van der Waals surface area contributed by atoms with E-state index in [2.05, 4.69) is 10.6 Å². The van der Waals surface area contributed by atoms with Crippen LogP contribution in [-0.2, 0) is 19.1 Å². The van der Waals surface area contributed by atoms with Crippen LogP contribution in [0.2, 0.25) is 0 Å². The van der Waals surface area contributed by atoms with Crippen molar-refractivity contribution in [1.82, 2.24) is 10.2 Å². The summed E-state index contributed by atoms with van der Waals surface area (Å²) in [7, 11) is 0. The summed E-state index contributed by atoms with van der Waals surface area (Å²) in [4.78, 5) is 42.0. The molecule has 3 heterocycles. The molecule has 2 bridgehead atoms. The normalized spacial score (nSPS) is 30.4. The van der Waals surface area contributed by atoms with E-state index in [0.29, 0.717) is 37.3 Å². The first kappa shape index (κ1) is 24.5. The molecule has 0 saturated carbocycles. The quantitative estimate of drug-likeness (QED) is 0.503. The molecular weight excluding hydrogens is 438 g/mol. The number of anilines is 1. The van der Waals surface area contributed by atoms with Gasteiger partial charge in [-0.15, -0.1) is 0 Å². The summed E-state index contributed by atoms with van der Waals surface area (Å²) in [5.74, 6) is -1.65. The van der Waals surface area contributed by atoms with E-state index in [1.54, 1.807) is 24.3 Å². The van der Waals surface area contributed by atoms with Crippen molar-refractivity contribution in [2.45, 2.75) is 76.8 Å². The van der Waals surface area contributed by atoms with Gasteiger partial charge in [-0.1, -0.05) is 6.92 Å². The van der Waals surface area contributed by atoms with Crippen molar-refractivity contribution in [2.75, 3.05) is 18.5 Å². The minimum atomic E-state index is -1.07. The zero-order valence-electron chi connectivity index (χ0n) is 20.2. The molecule has 1 aromatic rings. The zero-order valence-corrected chi connectivity index (χ0v) is 20.2. The molecular formula is C25H35N3O6. The van der Waals surface area contributed by atoms with Gasteiger partial charge in [0.1, 0.15) is 17.4 Å². The van der Waals surface area contributed by atoms with E-state index in [4.69, 9.17) is 9.47 Å². The number of hydrogen-bond donors (Lipinski definition) is 3. The highest BCUT2D eigenvalue weighted by Gasteiger charge is 2.75. The summed E-state index contributed by atoms with van der Waals surface area (Å²) in [6.45, 7) is 7.77. The third-order valence-electron chi connectivity index (χ3n) is 7.23. The van der Waals surface area contributed by atoms with Crippen LogP contribution in [-0.4, -0.2) is 70.8 Å². The van der Waals surface area contributed by atoms with Gasteiger partial charge in [0.05, 0.1) is 37.2 Å². The number of amides is 3. The Hall–Kier alpha value is -2.65. The molecule has 0 aromatic heterocycles. The lowest BCUT2D eigenvalue weighted by Gasteiger charge is -2.36. The van der Waals surface area contributed by atoms with Crippen molar-refractivity contribution in [1.29, 1.82) is 0 Å². The van der Waals surface area contributed by atoms with Crippen LogP contribution in [0.1, 0.15) is 47.0 Å². The first-order chi connectivity index (χ1) is 16.3. The fourth-order valence-corrected chi connectivity index (χ4v) is 5.89. The van der Waals surface area contributed by atoms with E-state index >= 15 is 0 Å². The number of fused-ring (bicyclic) bond motifs is 1. The molecule has 6 atom stereocenters. The minimum Gasteiger partial charge on any atom is -0.494 e. The second-order valence-electron chi connectivity index (χ2n) is 9.66. The van der Waals surface area contributed by atoms with Crippen molar-refractivity contribution < 1.29 is 29.0 Å². The Bertz CT molecular complexity index is 931. The number of benzene rings is 1. The number of carbonyl (C=O) groups excluding carboxylic acids is 3. The third kappa shape index (κ3) is 3.94. The topological polar surface area (TPSA) is 117 Å². The smallest absolute Gasteiger partial charge is 0.246 e. The molecule has 3 aliphatic heterocycles. The van der Waals surface area contributed by atoms with E-state index in [1.165, 1.54) is 4.90 Å². The van der Waals surface area contributed by atoms with Crippen molar-refractivity contribution in [2.24, 2.45) is 11.8 Å². The molecule has 1 spiro atoms. The number of aliphatic hydroxyl groups is 1. The van der Waals surface area contributed by atoms with Gasteiger partial charge in [0.2, 0.25) is 17.7 Å². The predicted molar refractivity (Wildman–Crippen MR) is 125 cm³/mol.